The van der Waals surface area contributed by atoms with Crippen molar-refractivity contribution >= 4 is 34.9 Å². The van der Waals surface area contributed by atoms with E-state index in [4.69, 9.17) is 23.6 Å². The number of halogens is 1. The smallest absolute Gasteiger partial charge is 0.290 e. The van der Waals surface area contributed by atoms with E-state index in [1.165, 1.54) is 0 Å². The van der Waals surface area contributed by atoms with Crippen LogP contribution in [0.5, 0.6) is 0 Å². The SMILES string of the molecule is O=C1NC(c2ccccc2)=NC1[P+](c1ccccc1)(c1ccccc1)c1ccccc1.[O-][Cl+3]([O-])([O-])O. The fourth-order valence-corrected chi connectivity index (χ4v) is 8.63. The fourth-order valence-electron chi connectivity index (χ4n) is 4.26. The van der Waals surface area contributed by atoms with E-state index >= 15 is 0 Å². The topological polar surface area (TPSA) is 131 Å². The zero-order chi connectivity index (χ0) is 25.6. The average Bonchev–Trinajstić information content (AvgIpc) is 3.28. The van der Waals surface area contributed by atoms with Gasteiger partial charge in [-0.15, -0.1) is 0 Å². The Hall–Kier alpha value is -3.42. The molecule has 4 aromatic carbocycles. The molecule has 5 rings (SSSR count). The molecule has 0 bridgehead atoms. The van der Waals surface area contributed by atoms with Gasteiger partial charge in [0.25, 0.3) is 11.7 Å². The summed E-state index contributed by atoms with van der Waals surface area (Å²) in [7, 11) is -7.11. The lowest BCUT2D eigenvalue weighted by atomic mass is 10.2. The lowest BCUT2D eigenvalue weighted by Crippen LogP contribution is -2.58. The van der Waals surface area contributed by atoms with Crippen molar-refractivity contribution in [2.75, 3.05) is 0 Å². The van der Waals surface area contributed by atoms with Gasteiger partial charge in [0, 0.05) is 5.56 Å². The highest BCUT2D eigenvalue weighted by atomic mass is 35.7. The van der Waals surface area contributed by atoms with Crippen LogP contribution in [0.25, 0.3) is 0 Å². The van der Waals surface area contributed by atoms with Crippen molar-refractivity contribution in [1.82, 2.24) is 5.32 Å². The Labute approximate surface area is 211 Å². The van der Waals surface area contributed by atoms with Crippen molar-refractivity contribution in [2.45, 2.75) is 5.78 Å². The van der Waals surface area contributed by atoms with Gasteiger partial charge < -0.3 is 5.32 Å². The normalized spacial score (nSPS) is 15.4. The zero-order valence-electron chi connectivity index (χ0n) is 19.0. The van der Waals surface area contributed by atoms with Gasteiger partial charge in [-0.2, -0.15) is 14.0 Å². The molecule has 0 spiro atoms. The summed E-state index contributed by atoms with van der Waals surface area (Å²) >= 11 is 0. The van der Waals surface area contributed by atoms with Gasteiger partial charge in [0.1, 0.15) is 29.0 Å². The molecule has 182 valence electrons. The second kappa shape index (κ2) is 11.1. The predicted octanol–water partition coefficient (Wildman–Crippen LogP) is -0.241. The van der Waals surface area contributed by atoms with Crippen LogP contribution in [0.3, 0.4) is 0 Å². The van der Waals surface area contributed by atoms with Gasteiger partial charge in [-0.25, -0.2) is 4.99 Å². The van der Waals surface area contributed by atoms with Gasteiger partial charge in [-0.3, -0.25) is 4.79 Å². The highest BCUT2D eigenvalue weighted by molar-refractivity contribution is 7.96. The molecule has 1 aliphatic heterocycles. The highest BCUT2D eigenvalue weighted by Crippen LogP contribution is 2.61. The average molecular weight is 522 g/mol. The maximum Gasteiger partial charge on any atom is 0.290 e. The second-order valence-corrected chi connectivity index (χ2v) is 12.1. The van der Waals surface area contributed by atoms with Crippen LogP contribution in [-0.2, 0) is 4.79 Å². The number of amides is 1. The van der Waals surface area contributed by atoms with E-state index in [0.29, 0.717) is 5.84 Å². The number of amidine groups is 1. The molecule has 0 saturated carbocycles. The molecule has 0 radical (unpaired) electrons. The molecule has 2 N–H and O–H groups in total. The number of benzene rings is 4. The van der Waals surface area contributed by atoms with Crippen LogP contribution in [-0.4, -0.2) is 22.2 Å². The molecular weight excluding hydrogens is 499 g/mol. The number of nitrogens with one attached hydrogen (secondary N) is 1. The summed E-state index contributed by atoms with van der Waals surface area (Å²) in [5.41, 5.74) is 0.922. The molecule has 1 atom stereocenters. The molecule has 0 saturated heterocycles. The number of hydrogen-bond acceptors (Lipinski definition) is 6. The van der Waals surface area contributed by atoms with E-state index in [9.17, 15) is 4.79 Å². The molecule has 9 heteroatoms. The van der Waals surface area contributed by atoms with Gasteiger partial charge >= 0.3 is 0 Å². The Bertz CT molecular complexity index is 1220. The molecule has 4 aromatic rings. The Morgan fingerprint density at radius 1 is 0.667 bits per heavy atom. The van der Waals surface area contributed by atoms with Crippen LogP contribution < -0.4 is 35.2 Å². The minimum atomic E-state index is -4.69. The van der Waals surface area contributed by atoms with Gasteiger partial charge in [0.15, 0.2) is 0 Å². The van der Waals surface area contributed by atoms with Crippen molar-refractivity contribution < 1.29 is 33.7 Å². The molecule has 1 unspecified atom stereocenters. The largest absolute Gasteiger partial charge is 0.305 e. The monoisotopic (exact) mass is 521 g/mol. The van der Waals surface area contributed by atoms with E-state index in [2.05, 4.69) is 41.7 Å². The molecule has 1 aliphatic rings. The van der Waals surface area contributed by atoms with Crippen LogP contribution in [0.2, 0.25) is 0 Å². The number of nitrogens with zero attached hydrogens (tertiary/aromatic N) is 1. The van der Waals surface area contributed by atoms with Crippen LogP contribution in [0, 0.1) is 10.2 Å². The van der Waals surface area contributed by atoms with E-state index in [0.717, 1.165) is 21.5 Å². The first-order valence-electron chi connectivity index (χ1n) is 10.9. The summed E-state index contributed by atoms with van der Waals surface area (Å²) in [6.45, 7) is 0. The van der Waals surface area contributed by atoms with Gasteiger partial charge in [-0.05, 0) is 36.4 Å². The summed E-state index contributed by atoms with van der Waals surface area (Å²) in [4.78, 5) is 18.6. The van der Waals surface area contributed by atoms with Crippen molar-refractivity contribution in [2.24, 2.45) is 4.99 Å². The molecule has 1 heterocycles. The number of aliphatic imine (C=N–C) groups is 1. The van der Waals surface area contributed by atoms with E-state index in [1.54, 1.807) is 0 Å². The molecule has 0 fully saturated rings. The van der Waals surface area contributed by atoms with Crippen molar-refractivity contribution in [3.63, 3.8) is 0 Å². The molecule has 36 heavy (non-hydrogen) atoms. The first-order valence-corrected chi connectivity index (χ1v) is 14.1. The summed E-state index contributed by atoms with van der Waals surface area (Å²) in [5, 5.41) is 6.51. The van der Waals surface area contributed by atoms with Crippen molar-refractivity contribution in [1.29, 1.82) is 0 Å². The first kappa shape index (κ1) is 25.7. The van der Waals surface area contributed by atoms with Crippen molar-refractivity contribution in [3.8, 4) is 0 Å². The summed E-state index contributed by atoms with van der Waals surface area (Å²) in [6, 6.07) is 41.0. The maximum atomic E-state index is 13.5. The first-order chi connectivity index (χ1) is 17.3. The third kappa shape index (κ3) is 5.69. The van der Waals surface area contributed by atoms with Crippen LogP contribution in [0.4, 0.5) is 0 Å². The highest BCUT2D eigenvalue weighted by Gasteiger charge is 2.58. The van der Waals surface area contributed by atoms with E-state index in [-0.39, 0.29) is 5.91 Å². The lowest BCUT2D eigenvalue weighted by molar-refractivity contribution is -1.92. The minimum Gasteiger partial charge on any atom is -0.305 e. The Kier molecular flexibility index (Phi) is 7.91. The van der Waals surface area contributed by atoms with Crippen LogP contribution in [0.1, 0.15) is 5.56 Å². The Morgan fingerprint density at radius 3 is 1.36 bits per heavy atom. The zero-order valence-corrected chi connectivity index (χ0v) is 20.6. The molecule has 1 amide bonds. The Balaban J connectivity index is 0.000000556. The lowest BCUT2D eigenvalue weighted by Gasteiger charge is -2.29. The van der Waals surface area contributed by atoms with Gasteiger partial charge in [-0.1, -0.05) is 84.9 Å². The second-order valence-electron chi connectivity index (χ2n) is 7.83. The molecular formula is C27H23ClN2O5P+. The third-order valence-electron chi connectivity index (χ3n) is 5.63. The summed E-state index contributed by atoms with van der Waals surface area (Å²) in [5.74, 6) is 0.0569. The standard InChI is InChI=1S/C27H21N2OP.ClHO4/c30-26-27(29-25(28-26)21-13-5-1-6-14-21)31(22-15-7-2-8-16-22,23-17-9-3-10-18-23)24-19-11-4-12-20-24;2-1(3,4)5/h1-20,27H;(H,2,3,4,5)/p+1. The number of carbonyl (C=O) groups excluding carboxylic acids is 1. The maximum absolute atomic E-state index is 13.5. The van der Waals surface area contributed by atoms with Crippen LogP contribution >= 0.6 is 7.26 Å². The predicted molar refractivity (Wildman–Crippen MR) is 132 cm³/mol. The molecule has 0 aliphatic carbocycles. The molecule has 7 nitrogen and oxygen atoms in total. The fraction of sp³-hybridized carbons (Fsp3) is 0.0370. The van der Waals surface area contributed by atoms with E-state index < -0.39 is 23.3 Å². The van der Waals surface area contributed by atoms with Gasteiger partial charge in [0.2, 0.25) is 0 Å². The third-order valence-corrected chi connectivity index (χ3v) is 10.1. The van der Waals surface area contributed by atoms with Gasteiger partial charge in [0.05, 0.1) is 14.9 Å². The number of carbonyl (C=O) groups is 1. The molecule has 0 aromatic heterocycles. The minimum absolute atomic E-state index is 0.0521. The number of rotatable bonds is 5. The van der Waals surface area contributed by atoms with Crippen molar-refractivity contribution in [3.05, 3.63) is 127 Å². The quantitative estimate of drug-likeness (QED) is 0.350. The number of hydrogen-bond donors (Lipinski definition) is 2. The Morgan fingerprint density at radius 2 is 1.00 bits per heavy atom. The van der Waals surface area contributed by atoms with Crippen LogP contribution in [0.15, 0.2) is 126 Å². The van der Waals surface area contributed by atoms with E-state index in [1.807, 2.05) is 84.9 Å². The summed E-state index contributed by atoms with van der Waals surface area (Å²) < 4.78 is 32.7. The summed E-state index contributed by atoms with van der Waals surface area (Å²) in [6.07, 6.45) is 0.